The molecule has 0 bridgehead atoms. The molecule has 2 N–H and O–H groups in total. The van der Waals surface area contributed by atoms with Crippen LogP contribution in [0.5, 0.6) is 5.75 Å². The first-order chi connectivity index (χ1) is 14.6. The number of halogens is 1. The van der Waals surface area contributed by atoms with Crippen molar-refractivity contribution in [1.29, 1.82) is 0 Å². The van der Waals surface area contributed by atoms with Crippen molar-refractivity contribution in [2.24, 2.45) is 0 Å². The zero-order valence-electron chi connectivity index (χ0n) is 16.2. The van der Waals surface area contributed by atoms with Crippen molar-refractivity contribution < 1.29 is 14.6 Å². The lowest BCUT2D eigenvalue weighted by Crippen LogP contribution is -2.26. The second-order valence-electron chi connectivity index (χ2n) is 6.97. The third kappa shape index (κ3) is 4.27. The topological polar surface area (TPSA) is 58.6 Å². The molecule has 1 aliphatic rings. The number of ether oxygens (including phenoxy) is 1. The fourth-order valence-corrected chi connectivity index (χ4v) is 3.81. The van der Waals surface area contributed by atoms with Gasteiger partial charge >= 0.3 is 6.09 Å². The number of carbonyl (C=O) groups is 1. The molecule has 0 fully saturated rings. The van der Waals surface area contributed by atoms with Gasteiger partial charge in [-0.15, -0.1) is 0 Å². The molecule has 0 saturated heterocycles. The van der Waals surface area contributed by atoms with Crippen LogP contribution in [-0.4, -0.2) is 24.4 Å². The molecule has 3 aromatic carbocycles. The first-order valence-corrected chi connectivity index (χ1v) is 10.1. The van der Waals surface area contributed by atoms with Gasteiger partial charge in [0.2, 0.25) is 0 Å². The summed E-state index contributed by atoms with van der Waals surface area (Å²) < 4.78 is 5.48. The predicted molar refractivity (Wildman–Crippen MR) is 118 cm³/mol. The third-order valence-electron chi connectivity index (χ3n) is 5.05. The van der Waals surface area contributed by atoms with Gasteiger partial charge in [0.25, 0.3) is 0 Å². The molecule has 0 heterocycles. The zero-order chi connectivity index (χ0) is 20.9. The minimum atomic E-state index is -0.465. The number of alkyl carbamates (subject to hydrolysis) is 1. The standard InChI is InChI=1S/C25H20ClNO3/c26-18-13-12-17(24(28)15-18)7-5-6-14-27-25(29)30-16-23-21-10-3-1-8-19(21)20-9-2-4-11-22(20)23/h1-4,8-13,15,23,28H,6,14,16H2,(H,27,29). The van der Waals surface area contributed by atoms with Gasteiger partial charge in [0.15, 0.2) is 0 Å². The van der Waals surface area contributed by atoms with E-state index in [2.05, 4.69) is 41.4 Å². The molecule has 0 radical (unpaired) electrons. The number of phenolic OH excluding ortho intramolecular Hbond substituents is 1. The van der Waals surface area contributed by atoms with E-state index in [4.69, 9.17) is 16.3 Å². The zero-order valence-corrected chi connectivity index (χ0v) is 16.9. The van der Waals surface area contributed by atoms with E-state index in [9.17, 15) is 9.90 Å². The number of aromatic hydroxyl groups is 1. The number of carbonyl (C=O) groups excluding carboxylic acids is 1. The molecule has 0 spiro atoms. The summed E-state index contributed by atoms with van der Waals surface area (Å²) in [5.41, 5.74) is 5.26. The van der Waals surface area contributed by atoms with Crippen molar-refractivity contribution in [2.75, 3.05) is 13.2 Å². The summed E-state index contributed by atoms with van der Waals surface area (Å²) in [5.74, 6) is 5.86. The van der Waals surface area contributed by atoms with E-state index < -0.39 is 6.09 Å². The molecule has 0 aliphatic heterocycles. The Balaban J connectivity index is 1.29. The van der Waals surface area contributed by atoms with Crippen LogP contribution in [0.3, 0.4) is 0 Å². The van der Waals surface area contributed by atoms with Gasteiger partial charge in [-0.3, -0.25) is 0 Å². The quantitative estimate of drug-likeness (QED) is 0.445. The molecule has 0 saturated carbocycles. The Bertz CT molecular complexity index is 1100. The maximum absolute atomic E-state index is 12.1. The lowest BCUT2D eigenvalue weighted by Gasteiger charge is -2.14. The number of nitrogens with one attached hydrogen (secondary N) is 1. The SMILES string of the molecule is O=C(NCCC#Cc1ccc(Cl)cc1O)OCC1c2ccccc2-c2ccccc21. The Hall–Kier alpha value is -3.42. The molecule has 0 atom stereocenters. The van der Waals surface area contributed by atoms with Crippen molar-refractivity contribution in [3.8, 4) is 28.7 Å². The number of hydrogen-bond donors (Lipinski definition) is 2. The first kappa shape index (κ1) is 19.9. The number of phenols is 1. The minimum absolute atomic E-state index is 0.0378. The van der Waals surface area contributed by atoms with Gasteiger partial charge in [-0.1, -0.05) is 72.0 Å². The Labute approximate surface area is 180 Å². The molecule has 5 heteroatoms. The van der Waals surface area contributed by atoms with Gasteiger partial charge in [0, 0.05) is 23.9 Å². The average molecular weight is 418 g/mol. The number of benzene rings is 3. The summed E-state index contributed by atoms with van der Waals surface area (Å²) >= 11 is 5.80. The minimum Gasteiger partial charge on any atom is -0.507 e. The summed E-state index contributed by atoms with van der Waals surface area (Å²) in [6.07, 6.45) is -0.0280. The van der Waals surface area contributed by atoms with Crippen molar-refractivity contribution in [2.45, 2.75) is 12.3 Å². The maximum Gasteiger partial charge on any atom is 0.407 e. The lowest BCUT2D eigenvalue weighted by molar-refractivity contribution is 0.143. The monoisotopic (exact) mass is 417 g/mol. The van der Waals surface area contributed by atoms with Crippen LogP contribution in [0, 0.1) is 11.8 Å². The summed E-state index contributed by atoms with van der Waals surface area (Å²) in [6.45, 7) is 0.641. The van der Waals surface area contributed by atoms with E-state index >= 15 is 0 Å². The van der Waals surface area contributed by atoms with Crippen LogP contribution >= 0.6 is 11.6 Å². The molecule has 3 aromatic rings. The fraction of sp³-hybridized carbons (Fsp3) is 0.160. The smallest absolute Gasteiger partial charge is 0.407 e. The van der Waals surface area contributed by atoms with Gasteiger partial charge in [-0.05, 0) is 40.5 Å². The second kappa shape index (κ2) is 8.94. The van der Waals surface area contributed by atoms with Gasteiger partial charge in [-0.2, -0.15) is 0 Å². The average Bonchev–Trinajstić information content (AvgIpc) is 3.07. The van der Waals surface area contributed by atoms with Gasteiger partial charge in [0.05, 0.1) is 5.56 Å². The molecule has 4 rings (SSSR count). The molecule has 0 aromatic heterocycles. The van der Waals surface area contributed by atoms with Crippen LogP contribution in [0.25, 0.3) is 11.1 Å². The van der Waals surface area contributed by atoms with E-state index in [1.807, 2.05) is 24.3 Å². The van der Waals surface area contributed by atoms with Crippen LogP contribution in [-0.2, 0) is 4.74 Å². The predicted octanol–water partition coefficient (Wildman–Crippen LogP) is 5.33. The molecule has 0 unspecified atom stereocenters. The molecular weight excluding hydrogens is 398 g/mol. The number of hydrogen-bond acceptors (Lipinski definition) is 3. The normalized spacial score (nSPS) is 11.8. The van der Waals surface area contributed by atoms with Crippen molar-refractivity contribution in [3.05, 3.63) is 88.4 Å². The van der Waals surface area contributed by atoms with Crippen molar-refractivity contribution >= 4 is 17.7 Å². The highest BCUT2D eigenvalue weighted by atomic mass is 35.5. The molecule has 30 heavy (non-hydrogen) atoms. The Morgan fingerprint density at radius 3 is 2.37 bits per heavy atom. The van der Waals surface area contributed by atoms with E-state index in [0.717, 1.165) is 0 Å². The third-order valence-corrected chi connectivity index (χ3v) is 5.28. The Morgan fingerprint density at radius 1 is 1.03 bits per heavy atom. The van der Waals surface area contributed by atoms with Crippen molar-refractivity contribution in [1.82, 2.24) is 5.32 Å². The first-order valence-electron chi connectivity index (χ1n) is 9.69. The molecular formula is C25H20ClNO3. The highest BCUT2D eigenvalue weighted by Crippen LogP contribution is 2.44. The van der Waals surface area contributed by atoms with Crippen LogP contribution < -0.4 is 5.32 Å². The van der Waals surface area contributed by atoms with Crippen LogP contribution in [0.2, 0.25) is 5.02 Å². The maximum atomic E-state index is 12.1. The summed E-state index contributed by atoms with van der Waals surface area (Å²) in [4.78, 5) is 12.1. The number of rotatable bonds is 4. The van der Waals surface area contributed by atoms with E-state index in [1.165, 1.54) is 28.3 Å². The van der Waals surface area contributed by atoms with Crippen molar-refractivity contribution in [3.63, 3.8) is 0 Å². The molecule has 1 amide bonds. The van der Waals surface area contributed by atoms with Crippen LogP contribution in [0.1, 0.15) is 29.0 Å². The summed E-state index contributed by atoms with van der Waals surface area (Å²) in [5, 5.41) is 12.9. The fourth-order valence-electron chi connectivity index (χ4n) is 3.64. The molecule has 4 nitrogen and oxygen atoms in total. The number of amides is 1. The summed E-state index contributed by atoms with van der Waals surface area (Å²) in [6, 6.07) is 21.2. The summed E-state index contributed by atoms with van der Waals surface area (Å²) in [7, 11) is 0. The highest BCUT2D eigenvalue weighted by molar-refractivity contribution is 6.30. The number of fused-ring (bicyclic) bond motifs is 3. The van der Waals surface area contributed by atoms with E-state index in [1.54, 1.807) is 12.1 Å². The highest BCUT2D eigenvalue weighted by Gasteiger charge is 2.28. The second-order valence-corrected chi connectivity index (χ2v) is 7.40. The van der Waals surface area contributed by atoms with Crippen LogP contribution in [0.4, 0.5) is 4.79 Å². The van der Waals surface area contributed by atoms with E-state index in [0.29, 0.717) is 23.6 Å². The Kier molecular flexibility index (Phi) is 5.92. The molecule has 150 valence electrons. The van der Waals surface area contributed by atoms with Gasteiger partial charge in [0.1, 0.15) is 12.4 Å². The van der Waals surface area contributed by atoms with Gasteiger partial charge < -0.3 is 15.2 Å². The van der Waals surface area contributed by atoms with E-state index in [-0.39, 0.29) is 18.3 Å². The Morgan fingerprint density at radius 2 is 1.70 bits per heavy atom. The molecule has 1 aliphatic carbocycles. The lowest BCUT2D eigenvalue weighted by atomic mass is 9.98. The largest absolute Gasteiger partial charge is 0.507 e. The van der Waals surface area contributed by atoms with Gasteiger partial charge in [-0.25, -0.2) is 4.79 Å². The van der Waals surface area contributed by atoms with Crippen LogP contribution in [0.15, 0.2) is 66.7 Å².